The highest BCUT2D eigenvalue weighted by Gasteiger charge is 2.43. The first-order valence-corrected chi connectivity index (χ1v) is 8.22. The average molecular weight is 250 g/mol. The summed E-state index contributed by atoms with van der Waals surface area (Å²) < 4.78 is 16.9. The normalized spacial score (nSPS) is 25.4. The summed E-state index contributed by atoms with van der Waals surface area (Å²) in [6.07, 6.45) is 6.12. The first kappa shape index (κ1) is 13.5. The molecule has 3 nitrogen and oxygen atoms in total. The molecule has 90 valence electrons. The maximum absolute atomic E-state index is 5.99. The second-order valence-electron chi connectivity index (χ2n) is 3.94. The van der Waals surface area contributed by atoms with Crippen molar-refractivity contribution in [1.82, 2.24) is 0 Å². The Morgan fingerprint density at radius 3 is 2.67 bits per heavy atom. The van der Waals surface area contributed by atoms with Crippen LogP contribution in [-0.2, 0) is 13.3 Å². The van der Waals surface area contributed by atoms with E-state index in [4.69, 9.17) is 13.3 Å². The molecule has 0 aromatic heterocycles. The highest BCUT2D eigenvalue weighted by molar-refractivity contribution is 7.80. The third-order valence-electron chi connectivity index (χ3n) is 2.91. The molecule has 0 bridgehead atoms. The molecule has 0 spiro atoms. The molecular formula is C10H22O3SSi. The number of hydrogen-bond acceptors (Lipinski definition) is 4. The molecule has 0 saturated carbocycles. The van der Waals surface area contributed by atoms with Crippen LogP contribution in [0.3, 0.4) is 0 Å². The predicted molar refractivity (Wildman–Crippen MR) is 66.4 cm³/mol. The summed E-state index contributed by atoms with van der Waals surface area (Å²) in [5.74, 6) is 0.962. The standard InChI is InChI=1S/C10H22O3SSi/c1-11-15(12-2)9-5-7-10(13-15)6-3-4-8-14/h10,14H,3-9H2,1-2H3. The molecule has 5 heteroatoms. The van der Waals surface area contributed by atoms with Crippen molar-refractivity contribution in [2.75, 3.05) is 20.0 Å². The fraction of sp³-hybridized carbons (Fsp3) is 1.00. The van der Waals surface area contributed by atoms with Crippen molar-refractivity contribution in [3.63, 3.8) is 0 Å². The van der Waals surface area contributed by atoms with Crippen molar-refractivity contribution in [1.29, 1.82) is 0 Å². The van der Waals surface area contributed by atoms with Gasteiger partial charge >= 0.3 is 8.80 Å². The minimum absolute atomic E-state index is 0.338. The van der Waals surface area contributed by atoms with Gasteiger partial charge in [-0.05, 0) is 31.4 Å². The molecule has 1 atom stereocenters. The molecule has 0 amide bonds. The van der Waals surface area contributed by atoms with Crippen molar-refractivity contribution in [2.45, 2.75) is 44.3 Å². The summed E-state index contributed by atoms with van der Waals surface area (Å²) in [5.41, 5.74) is 0. The third-order valence-corrected chi connectivity index (χ3v) is 6.13. The number of rotatable bonds is 6. The van der Waals surface area contributed by atoms with Gasteiger partial charge in [0.05, 0.1) is 0 Å². The van der Waals surface area contributed by atoms with Crippen LogP contribution in [0.2, 0.25) is 6.04 Å². The van der Waals surface area contributed by atoms with Crippen LogP contribution in [0.1, 0.15) is 32.1 Å². The molecule has 0 aromatic rings. The Kier molecular flexibility index (Phi) is 6.22. The summed E-state index contributed by atoms with van der Waals surface area (Å²) in [7, 11) is 1.13. The smallest absolute Gasteiger partial charge is 0.377 e. The second kappa shape index (κ2) is 6.91. The van der Waals surface area contributed by atoms with E-state index in [2.05, 4.69) is 12.6 Å². The molecule has 0 aliphatic carbocycles. The predicted octanol–water partition coefficient (Wildman–Crippen LogP) is 2.50. The van der Waals surface area contributed by atoms with Gasteiger partial charge in [-0.1, -0.05) is 6.42 Å². The first-order valence-electron chi connectivity index (χ1n) is 5.65. The van der Waals surface area contributed by atoms with E-state index in [0.717, 1.165) is 31.1 Å². The monoisotopic (exact) mass is 250 g/mol. The molecule has 1 aliphatic heterocycles. The Balaban J connectivity index is 2.34. The van der Waals surface area contributed by atoms with Gasteiger partial charge in [-0.2, -0.15) is 12.6 Å². The maximum Gasteiger partial charge on any atom is 0.500 e. The highest BCUT2D eigenvalue weighted by atomic mass is 32.1. The Hall–Kier alpha value is 0.447. The van der Waals surface area contributed by atoms with Crippen LogP contribution >= 0.6 is 12.6 Å². The summed E-state index contributed by atoms with van der Waals surface area (Å²) in [6, 6.07) is 0.961. The molecule has 1 aliphatic rings. The van der Waals surface area contributed by atoms with Crippen molar-refractivity contribution in [3.05, 3.63) is 0 Å². The minimum Gasteiger partial charge on any atom is -0.377 e. The lowest BCUT2D eigenvalue weighted by atomic mass is 10.1. The van der Waals surface area contributed by atoms with Crippen molar-refractivity contribution < 1.29 is 13.3 Å². The molecule has 1 fully saturated rings. The van der Waals surface area contributed by atoms with E-state index in [1.54, 1.807) is 14.2 Å². The van der Waals surface area contributed by atoms with Gasteiger partial charge in [-0.25, -0.2) is 0 Å². The Bertz CT molecular complexity index is 176. The summed E-state index contributed by atoms with van der Waals surface area (Å²) in [5, 5.41) is 0. The zero-order chi connectivity index (χ0) is 11.1. The van der Waals surface area contributed by atoms with Crippen LogP contribution < -0.4 is 0 Å². The van der Waals surface area contributed by atoms with E-state index in [1.807, 2.05) is 0 Å². The van der Waals surface area contributed by atoms with Gasteiger partial charge in [0.1, 0.15) is 0 Å². The number of thiol groups is 1. The van der Waals surface area contributed by atoms with Gasteiger partial charge in [0.15, 0.2) is 0 Å². The summed E-state index contributed by atoms with van der Waals surface area (Å²) in [4.78, 5) is 0. The second-order valence-corrected chi connectivity index (χ2v) is 7.31. The molecule has 1 rings (SSSR count). The van der Waals surface area contributed by atoms with Crippen molar-refractivity contribution in [2.24, 2.45) is 0 Å². The van der Waals surface area contributed by atoms with Gasteiger partial charge in [-0.3, -0.25) is 0 Å². The number of hydrogen-bond donors (Lipinski definition) is 1. The van der Waals surface area contributed by atoms with Gasteiger partial charge in [0.25, 0.3) is 0 Å². The minimum atomic E-state index is -2.27. The quantitative estimate of drug-likeness (QED) is 0.446. The van der Waals surface area contributed by atoms with Crippen LogP contribution in [0, 0.1) is 0 Å². The van der Waals surface area contributed by atoms with Crippen molar-refractivity contribution in [3.8, 4) is 0 Å². The van der Waals surface area contributed by atoms with E-state index in [0.29, 0.717) is 6.10 Å². The first-order chi connectivity index (χ1) is 7.26. The lowest BCUT2D eigenvalue weighted by Crippen LogP contribution is -2.49. The van der Waals surface area contributed by atoms with E-state index in [1.165, 1.54) is 12.8 Å². The molecule has 0 N–H and O–H groups in total. The van der Waals surface area contributed by atoms with Gasteiger partial charge in [-0.15, -0.1) is 0 Å². The SMILES string of the molecule is CO[Si]1(OC)CCCC(CCCCS)O1. The van der Waals surface area contributed by atoms with E-state index in [9.17, 15) is 0 Å². The van der Waals surface area contributed by atoms with Crippen molar-refractivity contribution >= 4 is 21.4 Å². The van der Waals surface area contributed by atoms with Crippen LogP contribution in [-0.4, -0.2) is 34.9 Å². The average Bonchev–Trinajstić information content (AvgIpc) is 2.30. The molecule has 15 heavy (non-hydrogen) atoms. The van der Waals surface area contributed by atoms with E-state index < -0.39 is 8.80 Å². The summed E-state index contributed by atoms with van der Waals surface area (Å²) >= 11 is 4.21. The fourth-order valence-corrected chi connectivity index (χ4v) is 4.48. The maximum atomic E-state index is 5.99. The van der Waals surface area contributed by atoms with E-state index >= 15 is 0 Å². The fourth-order valence-electron chi connectivity index (χ4n) is 1.99. The topological polar surface area (TPSA) is 27.7 Å². The van der Waals surface area contributed by atoms with Gasteiger partial charge in [0.2, 0.25) is 0 Å². The van der Waals surface area contributed by atoms with Crippen LogP contribution in [0.25, 0.3) is 0 Å². The lowest BCUT2D eigenvalue weighted by molar-refractivity contribution is 0.0290. The van der Waals surface area contributed by atoms with Gasteiger partial charge < -0.3 is 13.3 Å². The van der Waals surface area contributed by atoms with Crippen LogP contribution in [0.4, 0.5) is 0 Å². The van der Waals surface area contributed by atoms with Gasteiger partial charge in [0, 0.05) is 26.4 Å². The molecule has 0 radical (unpaired) electrons. The Labute approximate surface area is 99.3 Å². The zero-order valence-electron chi connectivity index (χ0n) is 9.70. The lowest BCUT2D eigenvalue weighted by Gasteiger charge is -2.35. The third kappa shape index (κ3) is 4.07. The largest absolute Gasteiger partial charge is 0.500 e. The Morgan fingerprint density at radius 1 is 1.33 bits per heavy atom. The van der Waals surface area contributed by atoms with Crippen LogP contribution in [0.15, 0.2) is 0 Å². The zero-order valence-corrected chi connectivity index (χ0v) is 11.6. The Morgan fingerprint density at radius 2 is 2.07 bits per heavy atom. The highest BCUT2D eigenvalue weighted by Crippen LogP contribution is 2.29. The number of unbranched alkanes of at least 4 members (excludes halogenated alkanes) is 1. The molecule has 1 heterocycles. The van der Waals surface area contributed by atoms with E-state index in [-0.39, 0.29) is 0 Å². The molecular weight excluding hydrogens is 228 g/mol. The molecule has 0 aromatic carbocycles. The molecule has 1 unspecified atom stereocenters. The molecule has 1 saturated heterocycles. The van der Waals surface area contributed by atoms with Crippen LogP contribution in [0.5, 0.6) is 0 Å². The summed E-state index contributed by atoms with van der Waals surface area (Å²) in [6.45, 7) is 0.